The van der Waals surface area contributed by atoms with Crippen LogP contribution in [0, 0.1) is 0 Å². The molecule has 154 valence electrons. The summed E-state index contributed by atoms with van der Waals surface area (Å²) in [6.07, 6.45) is 1.31. The minimum Gasteiger partial charge on any atom is -0.322 e. The van der Waals surface area contributed by atoms with Gasteiger partial charge in [0.05, 0.1) is 11.4 Å². The first-order valence-electron chi connectivity index (χ1n) is 10.2. The van der Waals surface area contributed by atoms with Crippen LogP contribution in [-0.2, 0) is 22.6 Å². The van der Waals surface area contributed by atoms with Crippen molar-refractivity contribution < 1.29 is 14.4 Å². The van der Waals surface area contributed by atoms with Gasteiger partial charge in [0.25, 0.3) is 5.91 Å². The fourth-order valence-electron chi connectivity index (χ4n) is 4.15. The first-order valence-corrected chi connectivity index (χ1v) is 10.2. The van der Waals surface area contributed by atoms with Crippen LogP contribution in [0.3, 0.4) is 0 Å². The van der Waals surface area contributed by atoms with E-state index in [1.165, 1.54) is 5.56 Å². The molecule has 1 unspecified atom stereocenters. The zero-order valence-corrected chi connectivity index (χ0v) is 16.7. The van der Waals surface area contributed by atoms with Gasteiger partial charge in [0.2, 0.25) is 11.8 Å². The van der Waals surface area contributed by atoms with Crippen LogP contribution in [-0.4, -0.2) is 38.9 Å². The fraction of sp³-hybridized carbons (Fsp3) is 0.208. The first kappa shape index (κ1) is 19.1. The summed E-state index contributed by atoms with van der Waals surface area (Å²) in [6, 6.07) is 18.9. The number of carbonyl (C=O) groups excluding carboxylic acids is 3. The molecule has 5 rings (SSSR count). The van der Waals surface area contributed by atoms with E-state index in [0.717, 1.165) is 22.5 Å². The number of imide groups is 1. The molecule has 0 saturated carbocycles. The molecule has 0 radical (unpaired) electrons. The van der Waals surface area contributed by atoms with E-state index in [-0.39, 0.29) is 18.2 Å². The molecule has 0 bridgehead atoms. The lowest BCUT2D eigenvalue weighted by Gasteiger charge is -2.29. The fourth-order valence-corrected chi connectivity index (χ4v) is 4.15. The molecule has 2 aliphatic heterocycles. The van der Waals surface area contributed by atoms with E-state index in [9.17, 15) is 14.4 Å². The van der Waals surface area contributed by atoms with Gasteiger partial charge in [-0.3, -0.25) is 19.7 Å². The summed E-state index contributed by atoms with van der Waals surface area (Å²) in [6.45, 7) is 0.341. The van der Waals surface area contributed by atoms with Gasteiger partial charge in [-0.25, -0.2) is 0 Å². The highest BCUT2D eigenvalue weighted by atomic mass is 16.2. The molecular weight excluding hydrogens is 392 g/mol. The number of benzene rings is 2. The summed E-state index contributed by atoms with van der Waals surface area (Å²) in [5.74, 6) is -0.875. The van der Waals surface area contributed by atoms with Crippen molar-refractivity contribution in [2.24, 2.45) is 0 Å². The number of aromatic nitrogens is 2. The van der Waals surface area contributed by atoms with Crippen LogP contribution >= 0.6 is 0 Å². The summed E-state index contributed by atoms with van der Waals surface area (Å²) in [5, 5.41) is 11.0. The Hall–Kier alpha value is -3.87. The number of fused-ring (bicyclic) bond motifs is 1. The Morgan fingerprint density at radius 2 is 1.81 bits per heavy atom. The third kappa shape index (κ3) is 3.70. The second kappa shape index (κ2) is 7.75. The molecule has 1 atom stereocenters. The quantitative estimate of drug-likeness (QED) is 0.665. The highest BCUT2D eigenvalue weighted by molar-refractivity contribution is 6.05. The van der Waals surface area contributed by atoms with Crippen LogP contribution in [0.1, 0.15) is 40.0 Å². The molecule has 7 heteroatoms. The van der Waals surface area contributed by atoms with Crippen LogP contribution in [0.2, 0.25) is 0 Å². The third-order valence-corrected chi connectivity index (χ3v) is 5.77. The van der Waals surface area contributed by atoms with Gasteiger partial charge in [-0.15, -0.1) is 0 Å². The third-order valence-electron chi connectivity index (χ3n) is 5.77. The number of piperidine rings is 1. The Kier molecular flexibility index (Phi) is 4.78. The van der Waals surface area contributed by atoms with Gasteiger partial charge in [0.1, 0.15) is 6.04 Å². The lowest BCUT2D eigenvalue weighted by atomic mass is 10.0. The highest BCUT2D eigenvalue weighted by Crippen LogP contribution is 2.30. The van der Waals surface area contributed by atoms with Gasteiger partial charge in [-0.1, -0.05) is 36.4 Å². The van der Waals surface area contributed by atoms with Crippen LogP contribution in [0.4, 0.5) is 0 Å². The van der Waals surface area contributed by atoms with Crippen molar-refractivity contribution in [3.8, 4) is 11.3 Å². The highest BCUT2D eigenvalue weighted by Gasteiger charge is 2.39. The SMILES string of the molecule is O=C1CCC(N2Cc3cc(-c4ccc(Cc5ccccc5)nn4)ccc3C2=O)C(=O)N1. The van der Waals surface area contributed by atoms with E-state index in [1.807, 2.05) is 42.5 Å². The van der Waals surface area contributed by atoms with E-state index in [0.29, 0.717) is 24.9 Å². The molecule has 2 aromatic carbocycles. The molecular formula is C24H20N4O3. The van der Waals surface area contributed by atoms with E-state index in [2.05, 4.69) is 27.6 Å². The van der Waals surface area contributed by atoms with Gasteiger partial charge in [-0.2, -0.15) is 10.2 Å². The Balaban J connectivity index is 1.34. The van der Waals surface area contributed by atoms with Gasteiger partial charge < -0.3 is 4.90 Å². The topological polar surface area (TPSA) is 92.3 Å². The van der Waals surface area contributed by atoms with Crippen molar-refractivity contribution >= 4 is 17.7 Å². The van der Waals surface area contributed by atoms with E-state index < -0.39 is 11.9 Å². The lowest BCUT2D eigenvalue weighted by molar-refractivity contribution is -0.136. The predicted molar refractivity (Wildman–Crippen MR) is 113 cm³/mol. The molecule has 1 saturated heterocycles. The second-order valence-corrected chi connectivity index (χ2v) is 7.84. The summed E-state index contributed by atoms with van der Waals surface area (Å²) in [7, 11) is 0. The molecule has 3 amide bonds. The maximum atomic E-state index is 12.8. The maximum Gasteiger partial charge on any atom is 0.255 e. The lowest BCUT2D eigenvalue weighted by Crippen LogP contribution is -2.52. The molecule has 7 nitrogen and oxygen atoms in total. The first-order chi connectivity index (χ1) is 15.1. The smallest absolute Gasteiger partial charge is 0.255 e. The molecule has 3 heterocycles. The molecule has 1 aromatic heterocycles. The van der Waals surface area contributed by atoms with Crippen LogP contribution in [0.15, 0.2) is 60.7 Å². The summed E-state index contributed by atoms with van der Waals surface area (Å²) < 4.78 is 0. The monoisotopic (exact) mass is 412 g/mol. The zero-order valence-electron chi connectivity index (χ0n) is 16.7. The van der Waals surface area contributed by atoms with Crippen LogP contribution in [0.25, 0.3) is 11.3 Å². The summed E-state index contributed by atoms with van der Waals surface area (Å²) in [4.78, 5) is 38.0. The molecule has 1 fully saturated rings. The van der Waals surface area contributed by atoms with E-state index in [1.54, 1.807) is 11.0 Å². The van der Waals surface area contributed by atoms with Crippen molar-refractivity contribution in [2.45, 2.75) is 31.8 Å². The minimum atomic E-state index is -0.613. The van der Waals surface area contributed by atoms with Gasteiger partial charge in [0, 0.05) is 30.5 Å². The standard InChI is InChI=1S/C24H20N4O3/c29-22-11-10-21(23(30)25-22)28-14-17-13-16(6-8-19(17)24(28)31)20-9-7-18(26-27-20)12-15-4-2-1-3-5-15/h1-9,13,21H,10-12,14H2,(H,25,29,30). The van der Waals surface area contributed by atoms with Crippen molar-refractivity contribution in [3.05, 3.63) is 83.0 Å². The molecule has 3 aromatic rings. The predicted octanol–water partition coefficient (Wildman–Crippen LogP) is 2.50. The number of nitrogens with one attached hydrogen (secondary N) is 1. The molecule has 0 aliphatic carbocycles. The zero-order chi connectivity index (χ0) is 21.4. The number of rotatable bonds is 4. The largest absolute Gasteiger partial charge is 0.322 e. The van der Waals surface area contributed by atoms with Gasteiger partial charge in [-0.05, 0) is 41.8 Å². The average Bonchev–Trinajstić information content (AvgIpc) is 3.10. The Morgan fingerprint density at radius 1 is 0.968 bits per heavy atom. The summed E-state index contributed by atoms with van der Waals surface area (Å²) >= 11 is 0. The van der Waals surface area contributed by atoms with Gasteiger partial charge in [0.15, 0.2) is 0 Å². The molecule has 1 N–H and O–H groups in total. The Bertz CT molecular complexity index is 1180. The number of hydrogen-bond donors (Lipinski definition) is 1. The molecule has 2 aliphatic rings. The second-order valence-electron chi connectivity index (χ2n) is 7.84. The Morgan fingerprint density at radius 3 is 2.55 bits per heavy atom. The minimum absolute atomic E-state index is 0.180. The molecule has 0 spiro atoms. The van der Waals surface area contributed by atoms with E-state index >= 15 is 0 Å². The number of carbonyl (C=O) groups is 3. The normalized spacial score (nSPS) is 18.1. The number of amides is 3. The molecule has 31 heavy (non-hydrogen) atoms. The van der Waals surface area contributed by atoms with Crippen LogP contribution < -0.4 is 5.32 Å². The van der Waals surface area contributed by atoms with Crippen LogP contribution in [0.5, 0.6) is 0 Å². The number of nitrogens with zero attached hydrogens (tertiary/aromatic N) is 3. The van der Waals surface area contributed by atoms with Crippen molar-refractivity contribution in [2.75, 3.05) is 0 Å². The Labute approximate surface area is 179 Å². The average molecular weight is 412 g/mol. The maximum absolute atomic E-state index is 12.8. The summed E-state index contributed by atoms with van der Waals surface area (Å²) in [5.41, 5.74) is 5.09. The van der Waals surface area contributed by atoms with Crippen molar-refractivity contribution in [3.63, 3.8) is 0 Å². The van der Waals surface area contributed by atoms with Crippen molar-refractivity contribution in [1.29, 1.82) is 0 Å². The van der Waals surface area contributed by atoms with Gasteiger partial charge >= 0.3 is 0 Å². The number of hydrogen-bond acceptors (Lipinski definition) is 5. The van der Waals surface area contributed by atoms with Crippen molar-refractivity contribution in [1.82, 2.24) is 20.4 Å². The van der Waals surface area contributed by atoms with E-state index in [4.69, 9.17) is 0 Å².